The molecule has 1 aromatic rings. The first-order chi connectivity index (χ1) is 13.0. The van der Waals surface area contributed by atoms with E-state index in [1.54, 1.807) is 0 Å². The third-order valence-corrected chi connectivity index (χ3v) is 7.08. The predicted octanol–water partition coefficient (Wildman–Crippen LogP) is 0.492. The Morgan fingerprint density at radius 3 is 2.85 bits per heavy atom. The molecule has 1 aromatic carbocycles. The second-order valence-electron chi connectivity index (χ2n) is 7.20. The van der Waals surface area contributed by atoms with Gasteiger partial charge >= 0.3 is 0 Å². The number of sulfonamides is 1. The van der Waals surface area contributed by atoms with Crippen LogP contribution in [0.2, 0.25) is 0 Å². The van der Waals surface area contributed by atoms with E-state index in [0.29, 0.717) is 13.2 Å². The Kier molecular flexibility index (Phi) is 4.92. The molecule has 2 atom stereocenters. The topological polar surface area (TPSA) is 105 Å². The van der Waals surface area contributed by atoms with Gasteiger partial charge in [0.2, 0.25) is 0 Å². The molecule has 3 heterocycles. The number of carbonyl (C=O) groups excluding carboxylic acids is 2. The number of nitrogens with zero attached hydrogens (tertiary/aromatic N) is 1. The summed E-state index contributed by atoms with van der Waals surface area (Å²) in [6.07, 6.45) is 3.20. The van der Waals surface area contributed by atoms with Crippen molar-refractivity contribution in [2.75, 3.05) is 26.2 Å². The summed E-state index contributed by atoms with van der Waals surface area (Å²) in [6, 6.07) is 4.27. The van der Waals surface area contributed by atoms with Gasteiger partial charge in [0.1, 0.15) is 4.90 Å². The van der Waals surface area contributed by atoms with Gasteiger partial charge in [0, 0.05) is 24.8 Å². The molecule has 2 amide bonds. The van der Waals surface area contributed by atoms with E-state index in [1.165, 1.54) is 18.2 Å². The molecule has 2 saturated heterocycles. The summed E-state index contributed by atoms with van der Waals surface area (Å²) in [5, 5.41) is 6.14. The van der Waals surface area contributed by atoms with E-state index >= 15 is 0 Å². The van der Waals surface area contributed by atoms with Gasteiger partial charge in [-0.3, -0.25) is 9.59 Å². The van der Waals surface area contributed by atoms with Crippen molar-refractivity contribution in [3.05, 3.63) is 29.3 Å². The SMILES string of the molecule is O=C(N[C@H]1CCCNC1)c1ccc2c(c1)S(=O)(=O)N(CC1CCCO1)C2=O. The van der Waals surface area contributed by atoms with Crippen molar-refractivity contribution < 1.29 is 22.7 Å². The maximum absolute atomic E-state index is 12.9. The maximum atomic E-state index is 12.9. The van der Waals surface area contributed by atoms with E-state index < -0.39 is 15.9 Å². The minimum absolute atomic E-state index is 0.0190. The van der Waals surface area contributed by atoms with Gasteiger partial charge in [-0.1, -0.05) is 0 Å². The number of nitrogens with one attached hydrogen (secondary N) is 2. The van der Waals surface area contributed by atoms with Crippen LogP contribution >= 0.6 is 0 Å². The third-order valence-electron chi connectivity index (χ3n) is 5.29. The summed E-state index contributed by atoms with van der Waals surface area (Å²) in [7, 11) is -3.96. The number of rotatable bonds is 4. The highest BCUT2D eigenvalue weighted by molar-refractivity contribution is 7.90. The van der Waals surface area contributed by atoms with E-state index in [9.17, 15) is 18.0 Å². The predicted molar refractivity (Wildman–Crippen MR) is 97.0 cm³/mol. The first kappa shape index (κ1) is 18.4. The zero-order valence-corrected chi connectivity index (χ0v) is 15.8. The number of carbonyl (C=O) groups is 2. The molecule has 0 aromatic heterocycles. The summed E-state index contributed by atoms with van der Waals surface area (Å²) in [6.45, 7) is 2.24. The van der Waals surface area contributed by atoms with Crippen molar-refractivity contribution in [3.8, 4) is 0 Å². The molecule has 4 rings (SSSR count). The quantitative estimate of drug-likeness (QED) is 0.772. The average molecular weight is 393 g/mol. The molecule has 0 aliphatic carbocycles. The van der Waals surface area contributed by atoms with E-state index in [2.05, 4.69) is 10.6 Å². The van der Waals surface area contributed by atoms with Crippen LogP contribution in [0.15, 0.2) is 23.1 Å². The summed E-state index contributed by atoms with van der Waals surface area (Å²) < 4.78 is 32.1. The van der Waals surface area contributed by atoms with Gasteiger partial charge in [0.05, 0.1) is 18.2 Å². The van der Waals surface area contributed by atoms with E-state index in [4.69, 9.17) is 4.74 Å². The van der Waals surface area contributed by atoms with Crippen molar-refractivity contribution in [2.45, 2.75) is 42.7 Å². The van der Waals surface area contributed by atoms with Crippen LogP contribution in [-0.2, 0) is 14.8 Å². The minimum Gasteiger partial charge on any atom is -0.376 e. The molecule has 9 heteroatoms. The van der Waals surface area contributed by atoms with E-state index in [0.717, 1.165) is 36.5 Å². The zero-order chi connectivity index (χ0) is 19.0. The Hall–Kier alpha value is -1.97. The van der Waals surface area contributed by atoms with Crippen LogP contribution in [-0.4, -0.2) is 62.9 Å². The highest BCUT2D eigenvalue weighted by Crippen LogP contribution is 2.32. The standard InChI is InChI=1S/C18H23N3O5S/c22-17(20-13-3-1-7-19-10-13)12-5-6-15-16(9-12)27(24,25)21(18(15)23)11-14-4-2-8-26-14/h5-6,9,13-14,19H,1-4,7-8,10-11H2,(H,20,22)/t13-,14?/m0/s1. The number of hydrogen-bond donors (Lipinski definition) is 2. The molecule has 27 heavy (non-hydrogen) atoms. The first-order valence-corrected chi connectivity index (χ1v) is 10.7. The third kappa shape index (κ3) is 3.46. The van der Waals surface area contributed by atoms with Crippen LogP contribution in [0.3, 0.4) is 0 Å². The molecular formula is C18H23N3O5S. The fourth-order valence-corrected chi connectivity index (χ4v) is 5.44. The molecule has 146 valence electrons. The van der Waals surface area contributed by atoms with Crippen molar-refractivity contribution in [1.29, 1.82) is 0 Å². The molecule has 2 N–H and O–H groups in total. The summed E-state index contributed by atoms with van der Waals surface area (Å²) in [4.78, 5) is 25.0. The normalized spacial score (nSPS) is 26.8. The highest BCUT2D eigenvalue weighted by atomic mass is 32.2. The fourth-order valence-electron chi connectivity index (χ4n) is 3.81. The van der Waals surface area contributed by atoms with Gasteiger partial charge in [-0.15, -0.1) is 0 Å². The molecule has 2 fully saturated rings. The van der Waals surface area contributed by atoms with Gasteiger partial charge in [-0.2, -0.15) is 0 Å². The Morgan fingerprint density at radius 1 is 1.30 bits per heavy atom. The largest absolute Gasteiger partial charge is 0.376 e. The van der Waals surface area contributed by atoms with Crippen molar-refractivity contribution >= 4 is 21.8 Å². The lowest BCUT2D eigenvalue weighted by atomic mass is 10.1. The van der Waals surface area contributed by atoms with Gasteiger partial charge in [0.15, 0.2) is 0 Å². The van der Waals surface area contributed by atoms with Crippen LogP contribution in [0.25, 0.3) is 0 Å². The molecular weight excluding hydrogens is 370 g/mol. The fraction of sp³-hybridized carbons (Fsp3) is 0.556. The minimum atomic E-state index is -3.96. The molecule has 3 aliphatic heterocycles. The Bertz CT molecular complexity index is 858. The molecule has 8 nitrogen and oxygen atoms in total. The number of benzene rings is 1. The lowest BCUT2D eigenvalue weighted by Gasteiger charge is -2.23. The molecule has 0 radical (unpaired) electrons. The number of ether oxygens (including phenoxy) is 1. The molecule has 0 saturated carbocycles. The zero-order valence-electron chi connectivity index (χ0n) is 14.9. The monoisotopic (exact) mass is 393 g/mol. The molecule has 0 spiro atoms. The van der Waals surface area contributed by atoms with Gasteiger partial charge in [0.25, 0.3) is 21.8 Å². The second-order valence-corrected chi connectivity index (χ2v) is 9.03. The molecule has 0 bridgehead atoms. The number of piperidine rings is 1. The van der Waals surface area contributed by atoms with Crippen LogP contribution in [0, 0.1) is 0 Å². The van der Waals surface area contributed by atoms with Crippen LogP contribution in [0.4, 0.5) is 0 Å². The Morgan fingerprint density at radius 2 is 2.15 bits per heavy atom. The number of hydrogen-bond acceptors (Lipinski definition) is 6. The molecule has 3 aliphatic rings. The smallest absolute Gasteiger partial charge is 0.269 e. The van der Waals surface area contributed by atoms with Crippen LogP contribution < -0.4 is 10.6 Å². The lowest BCUT2D eigenvalue weighted by molar-refractivity contribution is 0.0707. The number of fused-ring (bicyclic) bond motifs is 1. The summed E-state index contributed by atoms with van der Waals surface area (Å²) in [5.74, 6) is -0.879. The maximum Gasteiger partial charge on any atom is 0.269 e. The van der Waals surface area contributed by atoms with Gasteiger partial charge < -0.3 is 15.4 Å². The molecule has 1 unspecified atom stereocenters. The summed E-state index contributed by atoms with van der Waals surface area (Å²) >= 11 is 0. The average Bonchev–Trinajstić information content (AvgIpc) is 3.24. The Labute approximate surface area is 158 Å². The Balaban J connectivity index is 1.55. The van der Waals surface area contributed by atoms with Gasteiger partial charge in [-0.25, -0.2) is 12.7 Å². The van der Waals surface area contributed by atoms with Crippen LogP contribution in [0.5, 0.6) is 0 Å². The lowest BCUT2D eigenvalue weighted by Crippen LogP contribution is -2.45. The van der Waals surface area contributed by atoms with Gasteiger partial charge in [-0.05, 0) is 50.4 Å². The highest BCUT2D eigenvalue weighted by Gasteiger charge is 2.43. The first-order valence-electron chi connectivity index (χ1n) is 9.31. The van der Waals surface area contributed by atoms with E-state index in [1.807, 2.05) is 0 Å². The van der Waals surface area contributed by atoms with Crippen molar-refractivity contribution in [2.24, 2.45) is 0 Å². The van der Waals surface area contributed by atoms with Crippen molar-refractivity contribution in [1.82, 2.24) is 14.9 Å². The van der Waals surface area contributed by atoms with Crippen molar-refractivity contribution in [3.63, 3.8) is 0 Å². The summed E-state index contributed by atoms with van der Waals surface area (Å²) in [5.41, 5.74) is 0.360. The van der Waals surface area contributed by atoms with E-state index in [-0.39, 0.29) is 40.6 Å². The van der Waals surface area contributed by atoms with Crippen LogP contribution in [0.1, 0.15) is 46.4 Å². The number of amides is 2. The second kappa shape index (κ2) is 7.21.